The lowest BCUT2D eigenvalue weighted by molar-refractivity contribution is -0.276. The van der Waals surface area contributed by atoms with Gasteiger partial charge in [0.15, 0.2) is 0 Å². The monoisotopic (exact) mass is 260 g/mol. The van der Waals surface area contributed by atoms with Gasteiger partial charge < -0.3 is 24.4 Å². The average Bonchev–Trinajstić information content (AvgIpc) is 2.56. The second-order valence-corrected chi connectivity index (χ2v) is 6.43. The molecule has 2 fully saturated rings. The molecule has 0 aliphatic carbocycles. The third kappa shape index (κ3) is 2.08. The Morgan fingerprint density at radius 1 is 1.33 bits per heavy atom. The number of ether oxygens (including phenoxy) is 3. The van der Waals surface area contributed by atoms with Crippen LogP contribution in [0.1, 0.15) is 20.8 Å². The molecular formula is C13H24O5. The van der Waals surface area contributed by atoms with E-state index in [2.05, 4.69) is 13.8 Å². The van der Waals surface area contributed by atoms with Gasteiger partial charge in [-0.15, -0.1) is 0 Å². The highest BCUT2D eigenvalue weighted by Crippen LogP contribution is 2.50. The van der Waals surface area contributed by atoms with E-state index in [9.17, 15) is 10.2 Å². The van der Waals surface area contributed by atoms with Crippen LogP contribution >= 0.6 is 0 Å². The molecule has 5 atom stereocenters. The molecule has 5 unspecified atom stereocenters. The Hall–Kier alpha value is -0.200. The highest BCUT2D eigenvalue weighted by atomic mass is 16.6. The normalized spacial score (nSPS) is 45.0. The highest BCUT2D eigenvalue weighted by Gasteiger charge is 2.60. The van der Waals surface area contributed by atoms with Gasteiger partial charge in [-0.2, -0.15) is 0 Å². The Kier molecular flexibility index (Phi) is 3.73. The molecule has 0 saturated carbocycles. The topological polar surface area (TPSA) is 68.2 Å². The van der Waals surface area contributed by atoms with Crippen LogP contribution in [-0.4, -0.2) is 61.6 Å². The Morgan fingerprint density at radius 2 is 2.00 bits per heavy atom. The predicted octanol–water partition coefficient (Wildman–Crippen LogP) is 0.185. The summed E-state index contributed by atoms with van der Waals surface area (Å²) in [7, 11) is 1.67. The molecule has 2 aliphatic heterocycles. The number of hydrogen-bond acceptors (Lipinski definition) is 5. The summed E-state index contributed by atoms with van der Waals surface area (Å²) in [6.45, 7) is 7.52. The van der Waals surface area contributed by atoms with E-state index in [1.54, 1.807) is 7.11 Å². The summed E-state index contributed by atoms with van der Waals surface area (Å²) in [6, 6.07) is 0. The molecule has 0 radical (unpaired) electrons. The zero-order valence-electron chi connectivity index (χ0n) is 11.5. The Labute approximate surface area is 108 Å². The van der Waals surface area contributed by atoms with Crippen molar-refractivity contribution < 1.29 is 24.4 Å². The number of hydrogen-bond donors (Lipinski definition) is 2. The summed E-state index contributed by atoms with van der Waals surface area (Å²) in [5, 5.41) is 19.6. The quantitative estimate of drug-likeness (QED) is 0.755. The first kappa shape index (κ1) is 14.2. The fourth-order valence-corrected chi connectivity index (χ4v) is 3.41. The third-order valence-electron chi connectivity index (χ3n) is 4.19. The van der Waals surface area contributed by atoms with Gasteiger partial charge in [-0.3, -0.25) is 0 Å². The lowest BCUT2D eigenvalue weighted by Gasteiger charge is -2.56. The molecule has 2 saturated heterocycles. The molecule has 0 aromatic carbocycles. The Balaban J connectivity index is 2.12. The van der Waals surface area contributed by atoms with Gasteiger partial charge >= 0.3 is 0 Å². The van der Waals surface area contributed by atoms with Crippen LogP contribution in [0.5, 0.6) is 0 Å². The number of aliphatic hydroxyl groups excluding tert-OH is 2. The van der Waals surface area contributed by atoms with Crippen molar-refractivity contribution in [3.63, 3.8) is 0 Å². The van der Waals surface area contributed by atoms with Crippen molar-refractivity contribution in [2.75, 3.05) is 26.9 Å². The molecule has 5 nitrogen and oxygen atoms in total. The molecular weight excluding hydrogens is 236 g/mol. The Morgan fingerprint density at radius 3 is 2.39 bits per heavy atom. The summed E-state index contributed by atoms with van der Waals surface area (Å²) in [6.07, 6.45) is -2.05. The van der Waals surface area contributed by atoms with Crippen molar-refractivity contribution in [2.24, 2.45) is 10.8 Å². The summed E-state index contributed by atoms with van der Waals surface area (Å²) < 4.78 is 16.5. The van der Waals surface area contributed by atoms with E-state index in [0.717, 1.165) is 0 Å². The van der Waals surface area contributed by atoms with Crippen molar-refractivity contribution in [1.82, 2.24) is 0 Å². The van der Waals surface area contributed by atoms with Gasteiger partial charge in [0, 0.05) is 17.9 Å². The van der Waals surface area contributed by atoms with Crippen molar-refractivity contribution in [1.29, 1.82) is 0 Å². The maximum Gasteiger partial charge on any atom is 0.109 e. The van der Waals surface area contributed by atoms with E-state index in [1.807, 2.05) is 6.92 Å². The van der Waals surface area contributed by atoms with Crippen LogP contribution in [0.2, 0.25) is 0 Å². The molecule has 5 heteroatoms. The van der Waals surface area contributed by atoms with Gasteiger partial charge in [0.2, 0.25) is 0 Å². The lowest BCUT2D eigenvalue weighted by Crippen LogP contribution is -2.65. The minimum atomic E-state index is -0.834. The fourth-order valence-electron chi connectivity index (χ4n) is 3.41. The second-order valence-electron chi connectivity index (χ2n) is 6.43. The first-order valence-electron chi connectivity index (χ1n) is 6.41. The van der Waals surface area contributed by atoms with E-state index >= 15 is 0 Å². The van der Waals surface area contributed by atoms with Crippen LogP contribution in [0.3, 0.4) is 0 Å². The summed E-state index contributed by atoms with van der Waals surface area (Å²) in [5.74, 6) is 0. The predicted molar refractivity (Wildman–Crippen MR) is 65.3 cm³/mol. The van der Waals surface area contributed by atoms with Gasteiger partial charge in [-0.25, -0.2) is 0 Å². The molecule has 106 valence electrons. The van der Waals surface area contributed by atoms with Crippen LogP contribution < -0.4 is 0 Å². The van der Waals surface area contributed by atoms with Crippen molar-refractivity contribution in [3.8, 4) is 0 Å². The number of aliphatic hydroxyl groups is 2. The molecule has 2 N–H and O–H groups in total. The number of methoxy groups -OCH3 is 1. The van der Waals surface area contributed by atoms with E-state index < -0.39 is 12.2 Å². The van der Waals surface area contributed by atoms with Crippen LogP contribution in [0.25, 0.3) is 0 Å². The summed E-state index contributed by atoms with van der Waals surface area (Å²) >= 11 is 0. The van der Waals surface area contributed by atoms with Gasteiger partial charge in [-0.05, 0) is 0 Å². The summed E-state index contributed by atoms with van der Waals surface area (Å²) in [4.78, 5) is 0. The van der Waals surface area contributed by atoms with E-state index in [0.29, 0.717) is 13.2 Å². The minimum Gasteiger partial charge on any atom is -0.388 e. The first-order chi connectivity index (χ1) is 8.33. The van der Waals surface area contributed by atoms with Crippen molar-refractivity contribution in [2.45, 2.75) is 45.2 Å². The maximum atomic E-state index is 10.0. The highest BCUT2D eigenvalue weighted by molar-refractivity contribution is 5.07. The SMILES string of the molecule is COCC(C)(C)C1OCC1(C)C1OCC(O)C1O. The van der Waals surface area contributed by atoms with E-state index in [-0.39, 0.29) is 29.6 Å². The van der Waals surface area contributed by atoms with Gasteiger partial charge in [0.1, 0.15) is 12.2 Å². The molecule has 2 rings (SSSR count). The molecule has 0 amide bonds. The lowest BCUT2D eigenvalue weighted by atomic mass is 9.64. The molecule has 0 bridgehead atoms. The molecule has 0 aromatic heterocycles. The first-order valence-corrected chi connectivity index (χ1v) is 6.41. The largest absolute Gasteiger partial charge is 0.388 e. The standard InChI is InChI=1S/C13H24O5/c1-12(2,6-16-4)11-13(3,7-18-11)10-9(15)8(14)5-17-10/h8-11,14-15H,5-7H2,1-4H3. The van der Waals surface area contributed by atoms with Gasteiger partial charge in [0.25, 0.3) is 0 Å². The second kappa shape index (κ2) is 4.72. The zero-order valence-corrected chi connectivity index (χ0v) is 11.5. The zero-order chi connectivity index (χ0) is 13.6. The Bertz CT molecular complexity index is 306. The molecule has 2 heterocycles. The van der Waals surface area contributed by atoms with Crippen LogP contribution in [-0.2, 0) is 14.2 Å². The van der Waals surface area contributed by atoms with Gasteiger partial charge in [-0.1, -0.05) is 20.8 Å². The average molecular weight is 260 g/mol. The van der Waals surface area contributed by atoms with Crippen molar-refractivity contribution >= 4 is 0 Å². The van der Waals surface area contributed by atoms with Crippen LogP contribution in [0, 0.1) is 10.8 Å². The minimum absolute atomic E-state index is 0.0464. The van der Waals surface area contributed by atoms with E-state index in [4.69, 9.17) is 14.2 Å². The molecule has 18 heavy (non-hydrogen) atoms. The van der Waals surface area contributed by atoms with Crippen molar-refractivity contribution in [3.05, 3.63) is 0 Å². The third-order valence-corrected chi connectivity index (χ3v) is 4.19. The summed E-state index contributed by atoms with van der Waals surface area (Å²) in [5.41, 5.74) is -0.433. The molecule has 2 aliphatic rings. The van der Waals surface area contributed by atoms with E-state index in [1.165, 1.54) is 0 Å². The van der Waals surface area contributed by atoms with Crippen LogP contribution in [0.4, 0.5) is 0 Å². The van der Waals surface area contributed by atoms with Crippen LogP contribution in [0.15, 0.2) is 0 Å². The smallest absolute Gasteiger partial charge is 0.109 e. The molecule has 0 spiro atoms. The maximum absolute atomic E-state index is 10.0. The number of rotatable bonds is 4. The molecule has 0 aromatic rings. The van der Waals surface area contributed by atoms with Gasteiger partial charge in [0.05, 0.1) is 32.0 Å². The fraction of sp³-hybridized carbons (Fsp3) is 1.00.